The summed E-state index contributed by atoms with van der Waals surface area (Å²) in [6.07, 6.45) is 4.11. The van der Waals surface area contributed by atoms with Gasteiger partial charge in [0.2, 0.25) is 5.91 Å². The Balaban J connectivity index is 1.40. The molecule has 2 fully saturated rings. The molecule has 2 aromatic carbocycles. The lowest BCUT2D eigenvalue weighted by Crippen LogP contribution is -2.36. The van der Waals surface area contributed by atoms with Gasteiger partial charge in [-0.3, -0.25) is 19.3 Å². The average molecular weight is 456 g/mol. The van der Waals surface area contributed by atoms with Gasteiger partial charge in [-0.15, -0.1) is 0 Å². The molecule has 0 saturated carbocycles. The number of carbonyl (C=O) groups excluding carboxylic acids is 3. The molecular formula is C23H22ClN3O3S. The molecule has 6 nitrogen and oxygen atoms in total. The lowest BCUT2D eigenvalue weighted by molar-refractivity contribution is -0.127. The van der Waals surface area contributed by atoms with Gasteiger partial charge in [0.25, 0.3) is 11.1 Å². The lowest BCUT2D eigenvalue weighted by Gasteiger charge is -2.17. The van der Waals surface area contributed by atoms with Gasteiger partial charge in [-0.1, -0.05) is 29.8 Å². The Morgan fingerprint density at radius 3 is 2.52 bits per heavy atom. The molecule has 3 amide bonds. The molecule has 0 spiro atoms. The fourth-order valence-electron chi connectivity index (χ4n) is 3.56. The minimum Gasteiger partial charge on any atom is -0.372 e. The zero-order chi connectivity index (χ0) is 22.0. The Kier molecular flexibility index (Phi) is 6.34. The first-order chi connectivity index (χ1) is 14.9. The second-order valence-corrected chi connectivity index (χ2v) is 8.97. The number of carbonyl (C=O) groups is 3. The molecule has 0 aliphatic carbocycles. The Morgan fingerprint density at radius 2 is 1.84 bits per heavy atom. The standard InChI is InChI=1S/C23H22ClN3O3S/c1-15-4-7-17(13-19(15)24)25-21(28)14-27-22(29)20(31-23(27)30)12-16-5-8-18(9-6-16)26-10-2-3-11-26/h4-9,12-13H,2-3,10-11,14H2,1H3,(H,25,28)/b20-12+. The van der Waals surface area contributed by atoms with Gasteiger partial charge in [-0.25, -0.2) is 0 Å². The summed E-state index contributed by atoms with van der Waals surface area (Å²) in [6.45, 7) is 3.64. The number of nitrogens with zero attached hydrogens (tertiary/aromatic N) is 2. The van der Waals surface area contributed by atoms with Crippen LogP contribution < -0.4 is 10.2 Å². The van der Waals surface area contributed by atoms with Gasteiger partial charge in [-0.05, 0) is 73.0 Å². The van der Waals surface area contributed by atoms with Gasteiger partial charge in [0.05, 0.1) is 4.91 Å². The van der Waals surface area contributed by atoms with Crippen LogP contribution in [0, 0.1) is 6.92 Å². The number of benzene rings is 2. The number of hydrogen-bond acceptors (Lipinski definition) is 5. The first kappa shape index (κ1) is 21.5. The van der Waals surface area contributed by atoms with Crippen LogP contribution in [0.3, 0.4) is 0 Å². The summed E-state index contributed by atoms with van der Waals surface area (Å²) < 4.78 is 0. The molecule has 2 heterocycles. The van der Waals surface area contributed by atoms with Crippen molar-refractivity contribution >= 4 is 57.9 Å². The van der Waals surface area contributed by atoms with Crippen LogP contribution >= 0.6 is 23.4 Å². The van der Waals surface area contributed by atoms with Crippen LogP contribution in [0.25, 0.3) is 6.08 Å². The molecule has 2 saturated heterocycles. The maximum absolute atomic E-state index is 12.7. The second kappa shape index (κ2) is 9.16. The quantitative estimate of drug-likeness (QED) is 0.648. The fraction of sp³-hybridized carbons (Fsp3) is 0.261. The van der Waals surface area contributed by atoms with Gasteiger partial charge in [0.1, 0.15) is 6.54 Å². The highest BCUT2D eigenvalue weighted by molar-refractivity contribution is 8.18. The number of rotatable bonds is 5. The van der Waals surface area contributed by atoms with Gasteiger partial charge < -0.3 is 10.2 Å². The van der Waals surface area contributed by atoms with Crippen molar-refractivity contribution in [1.29, 1.82) is 0 Å². The predicted octanol–water partition coefficient (Wildman–Crippen LogP) is 4.92. The number of aryl methyl sites for hydroxylation is 1. The van der Waals surface area contributed by atoms with Crippen LogP contribution in [-0.4, -0.2) is 41.6 Å². The van der Waals surface area contributed by atoms with Crippen LogP contribution in [0.1, 0.15) is 24.0 Å². The van der Waals surface area contributed by atoms with Gasteiger partial charge in [0.15, 0.2) is 0 Å². The monoisotopic (exact) mass is 455 g/mol. The SMILES string of the molecule is Cc1ccc(NC(=O)CN2C(=O)S/C(=C/c3ccc(N4CCCC4)cc3)C2=O)cc1Cl. The fourth-order valence-corrected chi connectivity index (χ4v) is 4.58. The average Bonchev–Trinajstić information content (AvgIpc) is 3.36. The van der Waals surface area contributed by atoms with E-state index in [0.717, 1.165) is 46.6 Å². The van der Waals surface area contributed by atoms with E-state index in [0.29, 0.717) is 15.6 Å². The first-order valence-electron chi connectivity index (χ1n) is 10.1. The molecule has 0 radical (unpaired) electrons. The van der Waals surface area contributed by atoms with E-state index in [1.165, 1.54) is 12.8 Å². The molecule has 160 valence electrons. The van der Waals surface area contributed by atoms with E-state index in [2.05, 4.69) is 10.2 Å². The van der Waals surface area contributed by atoms with Crippen LogP contribution in [0.5, 0.6) is 0 Å². The number of halogens is 1. The normalized spacial score (nSPS) is 17.7. The van der Waals surface area contributed by atoms with E-state index in [9.17, 15) is 14.4 Å². The maximum atomic E-state index is 12.7. The van der Waals surface area contributed by atoms with Crippen molar-refractivity contribution in [3.8, 4) is 0 Å². The summed E-state index contributed by atoms with van der Waals surface area (Å²) >= 11 is 6.92. The van der Waals surface area contributed by atoms with Crippen molar-refractivity contribution in [2.75, 3.05) is 29.9 Å². The van der Waals surface area contributed by atoms with E-state index in [4.69, 9.17) is 11.6 Å². The van der Waals surface area contributed by atoms with Crippen molar-refractivity contribution in [3.63, 3.8) is 0 Å². The minimum absolute atomic E-state index is 0.310. The van der Waals surface area contributed by atoms with E-state index in [-0.39, 0.29) is 6.54 Å². The van der Waals surface area contributed by atoms with E-state index in [1.807, 2.05) is 31.2 Å². The van der Waals surface area contributed by atoms with Crippen molar-refractivity contribution < 1.29 is 14.4 Å². The zero-order valence-electron chi connectivity index (χ0n) is 17.1. The maximum Gasteiger partial charge on any atom is 0.294 e. The summed E-state index contributed by atoms with van der Waals surface area (Å²) in [5.74, 6) is -0.922. The van der Waals surface area contributed by atoms with Crippen LogP contribution in [-0.2, 0) is 9.59 Å². The van der Waals surface area contributed by atoms with Crippen LogP contribution in [0.15, 0.2) is 47.4 Å². The molecular weight excluding hydrogens is 434 g/mol. The third-order valence-corrected chi connectivity index (χ3v) is 6.61. The summed E-state index contributed by atoms with van der Waals surface area (Å²) in [7, 11) is 0. The van der Waals surface area contributed by atoms with E-state index in [1.54, 1.807) is 24.3 Å². The van der Waals surface area contributed by atoms with E-state index >= 15 is 0 Å². The minimum atomic E-state index is -0.462. The summed E-state index contributed by atoms with van der Waals surface area (Å²) in [6, 6.07) is 13.1. The molecule has 0 aromatic heterocycles. The summed E-state index contributed by atoms with van der Waals surface area (Å²) in [5, 5.41) is 2.75. The number of amides is 3. The highest BCUT2D eigenvalue weighted by atomic mass is 35.5. The second-order valence-electron chi connectivity index (χ2n) is 7.57. The smallest absolute Gasteiger partial charge is 0.294 e. The highest BCUT2D eigenvalue weighted by Crippen LogP contribution is 2.32. The van der Waals surface area contributed by atoms with Crippen LogP contribution in [0.2, 0.25) is 5.02 Å². The number of imide groups is 1. The molecule has 4 rings (SSSR count). The molecule has 2 aliphatic heterocycles. The molecule has 0 bridgehead atoms. The zero-order valence-corrected chi connectivity index (χ0v) is 18.6. The third-order valence-electron chi connectivity index (χ3n) is 5.29. The van der Waals surface area contributed by atoms with Gasteiger partial charge >= 0.3 is 0 Å². The van der Waals surface area contributed by atoms with Crippen LogP contribution in [0.4, 0.5) is 16.2 Å². The predicted molar refractivity (Wildman–Crippen MR) is 125 cm³/mol. The summed E-state index contributed by atoms with van der Waals surface area (Å²) in [4.78, 5) is 41.0. The molecule has 31 heavy (non-hydrogen) atoms. The molecule has 2 aliphatic rings. The highest BCUT2D eigenvalue weighted by Gasteiger charge is 2.36. The Morgan fingerprint density at radius 1 is 1.13 bits per heavy atom. The van der Waals surface area contributed by atoms with Crippen molar-refractivity contribution in [2.24, 2.45) is 0 Å². The number of hydrogen-bond donors (Lipinski definition) is 1. The molecule has 0 atom stereocenters. The van der Waals surface area contributed by atoms with Crippen molar-refractivity contribution in [3.05, 3.63) is 63.5 Å². The number of nitrogens with one attached hydrogen (secondary N) is 1. The number of anilines is 2. The van der Waals surface area contributed by atoms with Crippen molar-refractivity contribution in [1.82, 2.24) is 4.90 Å². The van der Waals surface area contributed by atoms with Gasteiger partial charge in [0, 0.05) is 29.5 Å². The summed E-state index contributed by atoms with van der Waals surface area (Å²) in [5.41, 5.74) is 3.41. The lowest BCUT2D eigenvalue weighted by atomic mass is 10.2. The van der Waals surface area contributed by atoms with Gasteiger partial charge in [-0.2, -0.15) is 0 Å². The molecule has 1 N–H and O–H groups in total. The molecule has 8 heteroatoms. The third kappa shape index (κ3) is 4.94. The first-order valence-corrected chi connectivity index (χ1v) is 11.3. The Bertz CT molecular complexity index is 1060. The molecule has 2 aromatic rings. The molecule has 0 unspecified atom stereocenters. The van der Waals surface area contributed by atoms with E-state index < -0.39 is 17.1 Å². The topological polar surface area (TPSA) is 69.7 Å². The largest absolute Gasteiger partial charge is 0.372 e. The van der Waals surface area contributed by atoms with Crippen molar-refractivity contribution in [2.45, 2.75) is 19.8 Å². The Hall–Kier alpha value is -2.77. The Labute approximate surface area is 190 Å². The number of thioether (sulfide) groups is 1.